The molecular formula is C21H16F3N3O5S. The van der Waals surface area contributed by atoms with E-state index in [1.807, 2.05) is 0 Å². The second-order valence-electron chi connectivity index (χ2n) is 6.56. The summed E-state index contributed by atoms with van der Waals surface area (Å²) in [7, 11) is -2.68. The van der Waals surface area contributed by atoms with Gasteiger partial charge < -0.3 is 9.47 Å². The fourth-order valence-corrected chi connectivity index (χ4v) is 3.40. The summed E-state index contributed by atoms with van der Waals surface area (Å²) in [5, 5.41) is 8.97. The molecule has 172 valence electrons. The van der Waals surface area contributed by atoms with Crippen molar-refractivity contribution >= 4 is 33.4 Å². The lowest BCUT2D eigenvalue weighted by Gasteiger charge is -2.12. The zero-order valence-corrected chi connectivity index (χ0v) is 17.8. The van der Waals surface area contributed by atoms with E-state index in [-0.39, 0.29) is 34.3 Å². The lowest BCUT2D eigenvalue weighted by molar-refractivity contribution is -0.114. The average Bonchev–Trinajstić information content (AvgIpc) is 3.08. The smallest absolute Gasteiger partial charge is 0.435 e. The van der Waals surface area contributed by atoms with Crippen LogP contribution in [0.2, 0.25) is 0 Å². The van der Waals surface area contributed by atoms with Crippen molar-refractivity contribution < 1.29 is 35.9 Å². The van der Waals surface area contributed by atoms with Crippen LogP contribution in [0.4, 0.5) is 18.9 Å². The Labute approximate surface area is 187 Å². The summed E-state index contributed by atoms with van der Waals surface area (Å²) in [6.45, 7) is -0.0423. The maximum atomic E-state index is 13.6. The second-order valence-corrected chi connectivity index (χ2v) is 8.12. The van der Waals surface area contributed by atoms with Gasteiger partial charge in [-0.2, -0.15) is 23.3 Å². The molecule has 0 fully saturated rings. The Morgan fingerprint density at radius 1 is 1.18 bits per heavy atom. The maximum absolute atomic E-state index is 13.6. The van der Waals surface area contributed by atoms with E-state index in [4.69, 9.17) is 21.0 Å². The summed E-state index contributed by atoms with van der Waals surface area (Å²) >= 11 is 0. The fraction of sp³-hybridized carbons (Fsp3) is 0.143. The second kappa shape index (κ2) is 8.97. The number of sulfonamides is 1. The monoisotopic (exact) mass is 479 g/mol. The first-order valence-corrected chi connectivity index (χ1v) is 10.6. The molecule has 12 heteroatoms. The number of nitrogens with zero attached hydrogens (tertiary/aromatic N) is 2. The van der Waals surface area contributed by atoms with E-state index < -0.39 is 33.4 Å². The van der Waals surface area contributed by atoms with E-state index in [9.17, 15) is 26.4 Å². The Morgan fingerprint density at radius 2 is 1.85 bits per heavy atom. The summed E-state index contributed by atoms with van der Waals surface area (Å²) in [5.74, 6) is 1.70. The minimum Gasteiger partial charge on any atom is -0.493 e. The van der Waals surface area contributed by atoms with Crippen LogP contribution in [0.5, 0.6) is 11.5 Å². The van der Waals surface area contributed by atoms with Crippen LogP contribution < -0.4 is 19.6 Å². The van der Waals surface area contributed by atoms with Gasteiger partial charge in [-0.1, -0.05) is 12.0 Å². The molecule has 1 aliphatic heterocycles. The minimum absolute atomic E-state index is 0.0423. The molecule has 0 saturated carbocycles. The highest BCUT2D eigenvalue weighted by molar-refractivity contribution is 7.89. The van der Waals surface area contributed by atoms with Gasteiger partial charge in [0.25, 0.3) is 5.91 Å². The van der Waals surface area contributed by atoms with Gasteiger partial charge in [0.05, 0.1) is 23.3 Å². The van der Waals surface area contributed by atoms with Crippen molar-refractivity contribution in [1.82, 2.24) is 0 Å². The van der Waals surface area contributed by atoms with Crippen molar-refractivity contribution in [3.63, 3.8) is 0 Å². The topological polar surface area (TPSA) is 111 Å². The third-order valence-corrected chi connectivity index (χ3v) is 5.30. The number of halogens is 3. The highest BCUT2D eigenvalue weighted by Gasteiger charge is 2.46. The quantitative estimate of drug-likeness (QED) is 0.506. The number of terminal acetylenes is 1. The summed E-state index contributed by atoms with van der Waals surface area (Å²) in [6.07, 6.45) is 1.23. The fourth-order valence-electron chi connectivity index (χ4n) is 2.89. The summed E-state index contributed by atoms with van der Waals surface area (Å²) in [6, 6.07) is 8.61. The van der Waals surface area contributed by atoms with Crippen molar-refractivity contribution in [2.45, 2.75) is 11.1 Å². The highest BCUT2D eigenvalue weighted by atomic mass is 32.2. The predicted molar refractivity (Wildman–Crippen MR) is 114 cm³/mol. The largest absolute Gasteiger partial charge is 0.493 e. The Kier molecular flexibility index (Phi) is 6.48. The molecule has 1 heterocycles. The number of nitrogens with two attached hydrogens (primary N) is 1. The molecular weight excluding hydrogens is 463 g/mol. The number of hydrogen-bond donors (Lipinski definition) is 1. The van der Waals surface area contributed by atoms with E-state index in [1.165, 1.54) is 25.3 Å². The number of carbonyl (C=O) groups excluding carboxylic acids is 1. The van der Waals surface area contributed by atoms with Crippen LogP contribution in [0.25, 0.3) is 6.08 Å². The van der Waals surface area contributed by atoms with Gasteiger partial charge >= 0.3 is 6.18 Å². The first-order valence-electron chi connectivity index (χ1n) is 9.05. The van der Waals surface area contributed by atoms with Crippen molar-refractivity contribution in [3.05, 3.63) is 53.6 Å². The van der Waals surface area contributed by atoms with Crippen LogP contribution in [0.15, 0.2) is 58.0 Å². The van der Waals surface area contributed by atoms with Crippen LogP contribution in [0.3, 0.4) is 0 Å². The van der Waals surface area contributed by atoms with Gasteiger partial charge in [-0.15, -0.1) is 6.42 Å². The SMILES string of the molecule is C#CCOc1ccc(C=C2C(=O)N(c3ccc(S(N)(=O)=O)cc3)N=C2C(F)(F)F)cc1OC. The molecule has 0 radical (unpaired) electrons. The number of anilines is 1. The van der Waals surface area contributed by atoms with Crippen molar-refractivity contribution in [2.24, 2.45) is 10.2 Å². The molecule has 8 nitrogen and oxygen atoms in total. The molecule has 0 saturated heterocycles. The third kappa shape index (κ3) is 5.16. The number of hydrazone groups is 1. The van der Waals surface area contributed by atoms with Gasteiger partial charge in [-0.3, -0.25) is 4.79 Å². The number of primary sulfonamides is 1. The number of ether oxygens (including phenoxy) is 2. The van der Waals surface area contributed by atoms with Gasteiger partial charge in [0, 0.05) is 0 Å². The molecule has 33 heavy (non-hydrogen) atoms. The zero-order chi connectivity index (χ0) is 24.4. The Morgan fingerprint density at radius 3 is 2.39 bits per heavy atom. The molecule has 2 aromatic rings. The number of carbonyl (C=O) groups is 1. The molecule has 0 aromatic heterocycles. The van der Waals surface area contributed by atoms with E-state index in [2.05, 4.69) is 11.0 Å². The molecule has 0 unspecified atom stereocenters. The first kappa shape index (κ1) is 23.8. The van der Waals surface area contributed by atoms with Crippen molar-refractivity contribution in [3.8, 4) is 23.8 Å². The number of hydrogen-bond acceptors (Lipinski definition) is 6. The summed E-state index contributed by atoms with van der Waals surface area (Å²) in [5.41, 5.74) is -1.98. The third-order valence-electron chi connectivity index (χ3n) is 4.37. The molecule has 2 aromatic carbocycles. The van der Waals surface area contributed by atoms with Gasteiger partial charge in [0.2, 0.25) is 10.0 Å². The molecule has 0 atom stereocenters. The van der Waals surface area contributed by atoms with Crippen LogP contribution in [-0.2, 0) is 14.8 Å². The Hall–Kier alpha value is -3.82. The maximum Gasteiger partial charge on any atom is 0.435 e. The van der Waals surface area contributed by atoms with Crippen LogP contribution >= 0.6 is 0 Å². The Bertz CT molecular complexity index is 1290. The van der Waals surface area contributed by atoms with Gasteiger partial charge in [-0.05, 0) is 48.0 Å². The number of rotatable bonds is 6. The van der Waals surface area contributed by atoms with Crippen molar-refractivity contribution in [1.29, 1.82) is 0 Å². The first-order chi connectivity index (χ1) is 15.5. The predicted octanol–water partition coefficient (Wildman–Crippen LogP) is 2.70. The lowest BCUT2D eigenvalue weighted by Crippen LogP contribution is -2.25. The van der Waals surface area contributed by atoms with Crippen LogP contribution in [0, 0.1) is 12.3 Å². The van der Waals surface area contributed by atoms with Crippen LogP contribution in [-0.4, -0.2) is 39.9 Å². The highest BCUT2D eigenvalue weighted by Crippen LogP contribution is 2.34. The molecule has 0 spiro atoms. The number of benzene rings is 2. The van der Waals surface area contributed by atoms with Gasteiger partial charge in [-0.25, -0.2) is 13.6 Å². The summed E-state index contributed by atoms with van der Waals surface area (Å²) in [4.78, 5) is 12.6. The van der Waals surface area contributed by atoms with Crippen molar-refractivity contribution in [2.75, 3.05) is 18.7 Å². The molecule has 2 N–H and O–H groups in total. The summed E-state index contributed by atoms with van der Waals surface area (Å²) < 4.78 is 74.1. The zero-order valence-electron chi connectivity index (χ0n) is 17.0. The number of alkyl halides is 3. The molecule has 1 aliphatic rings. The van der Waals surface area contributed by atoms with Gasteiger partial charge in [0.1, 0.15) is 6.61 Å². The normalized spacial score (nSPS) is 15.4. The molecule has 3 rings (SSSR count). The number of methoxy groups -OCH3 is 1. The molecule has 0 aliphatic carbocycles. The minimum atomic E-state index is -4.93. The van der Waals surface area contributed by atoms with E-state index in [1.54, 1.807) is 0 Å². The number of amides is 1. The van der Waals surface area contributed by atoms with Crippen LogP contribution in [0.1, 0.15) is 5.56 Å². The van der Waals surface area contributed by atoms with Gasteiger partial charge in [0.15, 0.2) is 17.2 Å². The van der Waals surface area contributed by atoms with E-state index >= 15 is 0 Å². The Balaban J connectivity index is 2.02. The lowest BCUT2D eigenvalue weighted by atomic mass is 10.1. The van der Waals surface area contributed by atoms with E-state index in [0.29, 0.717) is 5.01 Å². The average molecular weight is 479 g/mol. The standard InChI is InChI=1S/C21H16F3N3O5S/c1-3-10-32-17-9-4-13(12-18(17)31-2)11-16-19(21(22,23)24)26-27(20(16)28)14-5-7-15(8-6-14)33(25,29)30/h1,4-9,11-12H,10H2,2H3,(H2,25,29,30). The molecule has 0 bridgehead atoms. The van der Waals surface area contributed by atoms with E-state index in [0.717, 1.165) is 30.3 Å². The molecule has 1 amide bonds.